The van der Waals surface area contributed by atoms with Crippen LogP contribution in [-0.2, 0) is 35.7 Å². The van der Waals surface area contributed by atoms with E-state index >= 15 is 0 Å². The number of allylic oxidation sites excluding steroid dienone is 2. The SMILES string of the molecule is CCC(CC)C(=O)/C=C(\O)C(CC)CC.Cc1cc2c(c3sc4c(-c5[c-]ccc6ccccc56)nccc4c13)C(C)(C)CCC2(C)C.[Ir]. The summed E-state index contributed by atoms with van der Waals surface area (Å²) >= 11 is 1.94. The Kier molecular flexibility index (Phi) is 12.1. The fourth-order valence-corrected chi connectivity index (χ4v) is 9.08. The van der Waals surface area contributed by atoms with Crippen LogP contribution in [0.3, 0.4) is 0 Å². The van der Waals surface area contributed by atoms with Gasteiger partial charge in [0.15, 0.2) is 5.78 Å². The van der Waals surface area contributed by atoms with E-state index in [4.69, 9.17) is 4.98 Å². The van der Waals surface area contributed by atoms with Gasteiger partial charge in [0.05, 0.1) is 5.76 Å². The second kappa shape index (κ2) is 15.4. The van der Waals surface area contributed by atoms with Gasteiger partial charge in [-0.1, -0.05) is 91.1 Å². The first-order valence-corrected chi connectivity index (χ1v) is 18.4. The predicted octanol–water partition coefficient (Wildman–Crippen LogP) is 12.6. The Morgan fingerprint density at radius 2 is 1.56 bits per heavy atom. The first-order chi connectivity index (χ1) is 22.4. The van der Waals surface area contributed by atoms with E-state index in [9.17, 15) is 9.90 Å². The standard InChI is InChI=1S/C30H28NS.C13H24O2.Ir/c1-18-17-23-25(30(4,5)15-14-29(23,2)3)28-24(18)22-13-16-31-26(27(22)32-28)21-12-8-10-19-9-6-7-11-20(19)21;1-5-10(6-2)12(14)9-13(15)11(7-3)8-4;/h6-11,13,16-17H,14-15H2,1-5H3;9-11,14H,5-8H2,1-4H3;/q-1;;/b;12-9-;. The number of carbonyl (C=O) groups excluding carboxylic acids is 1. The first kappa shape index (κ1) is 38.0. The van der Waals surface area contributed by atoms with Crippen molar-refractivity contribution in [3.8, 4) is 11.3 Å². The zero-order chi connectivity index (χ0) is 34.1. The zero-order valence-corrected chi connectivity index (χ0v) is 33.4. The summed E-state index contributed by atoms with van der Waals surface area (Å²) in [5, 5.41) is 15.0. The quantitative estimate of drug-likeness (QED) is 0.0962. The third kappa shape index (κ3) is 7.20. The number of fused-ring (bicyclic) bond motifs is 6. The van der Waals surface area contributed by atoms with Crippen molar-refractivity contribution < 1.29 is 30.0 Å². The summed E-state index contributed by atoms with van der Waals surface area (Å²) in [6.07, 6.45) is 9.35. The molecule has 2 heterocycles. The molecular weight excluding hydrogens is 787 g/mol. The van der Waals surface area contributed by atoms with E-state index in [1.807, 2.05) is 51.3 Å². The van der Waals surface area contributed by atoms with Crippen LogP contribution in [0.25, 0.3) is 42.2 Å². The van der Waals surface area contributed by atoms with Crippen LogP contribution in [0.15, 0.2) is 66.6 Å². The monoisotopic (exact) mass is 839 g/mol. The number of ketones is 1. The Labute approximate surface area is 305 Å². The van der Waals surface area contributed by atoms with Gasteiger partial charge in [-0.15, -0.1) is 40.5 Å². The molecule has 0 spiro atoms. The molecule has 6 rings (SSSR count). The van der Waals surface area contributed by atoms with E-state index in [0.717, 1.165) is 36.9 Å². The number of hydrogen-bond donors (Lipinski definition) is 1. The van der Waals surface area contributed by atoms with Crippen molar-refractivity contribution >= 4 is 48.1 Å². The maximum absolute atomic E-state index is 11.7. The number of pyridine rings is 1. The molecule has 1 N–H and O–H groups in total. The van der Waals surface area contributed by atoms with Crippen molar-refractivity contribution in [2.24, 2.45) is 11.8 Å². The smallest absolute Gasteiger partial charge is 0.162 e. The number of rotatable bonds is 8. The van der Waals surface area contributed by atoms with E-state index in [1.54, 1.807) is 5.56 Å². The third-order valence-electron chi connectivity index (χ3n) is 10.7. The van der Waals surface area contributed by atoms with Gasteiger partial charge in [-0.2, -0.15) is 0 Å². The minimum absolute atomic E-state index is 0. The number of nitrogens with zero attached hydrogens (tertiary/aromatic N) is 1. The normalized spacial score (nSPS) is 15.4. The number of aromatic nitrogens is 1. The molecule has 0 aliphatic heterocycles. The summed E-state index contributed by atoms with van der Waals surface area (Å²) in [5.41, 5.74) is 7.03. The molecule has 5 heteroatoms. The molecule has 0 fully saturated rings. The Bertz CT molecular complexity index is 1940. The first-order valence-electron chi connectivity index (χ1n) is 17.6. The van der Waals surface area contributed by atoms with Crippen molar-refractivity contribution in [2.75, 3.05) is 0 Å². The average molecular weight is 839 g/mol. The van der Waals surface area contributed by atoms with Crippen LogP contribution in [0.5, 0.6) is 0 Å². The van der Waals surface area contributed by atoms with E-state index in [2.05, 4.69) is 83.1 Å². The fourth-order valence-electron chi connectivity index (χ4n) is 7.48. The Morgan fingerprint density at radius 1 is 0.917 bits per heavy atom. The second-order valence-electron chi connectivity index (χ2n) is 14.7. The molecule has 0 saturated heterocycles. The van der Waals surface area contributed by atoms with E-state index < -0.39 is 0 Å². The minimum Gasteiger partial charge on any atom is -0.512 e. The number of aryl methyl sites for hydroxylation is 1. The van der Waals surface area contributed by atoms with Crippen molar-refractivity contribution in [1.29, 1.82) is 0 Å². The van der Waals surface area contributed by atoms with Gasteiger partial charge < -0.3 is 10.1 Å². The van der Waals surface area contributed by atoms with Gasteiger partial charge in [0.1, 0.15) is 0 Å². The topological polar surface area (TPSA) is 50.2 Å². The van der Waals surface area contributed by atoms with Crippen LogP contribution in [0.1, 0.15) is 111 Å². The number of aliphatic hydroxyl groups excluding tert-OH is 1. The van der Waals surface area contributed by atoms with Crippen LogP contribution >= 0.6 is 11.3 Å². The molecule has 1 aliphatic rings. The molecule has 3 aromatic carbocycles. The number of thiophene rings is 1. The van der Waals surface area contributed by atoms with Gasteiger partial charge in [0.25, 0.3) is 0 Å². The van der Waals surface area contributed by atoms with Gasteiger partial charge >= 0.3 is 0 Å². The third-order valence-corrected chi connectivity index (χ3v) is 11.9. The van der Waals surface area contributed by atoms with Crippen LogP contribution < -0.4 is 0 Å². The van der Waals surface area contributed by atoms with E-state index in [-0.39, 0.29) is 54.3 Å². The van der Waals surface area contributed by atoms with Gasteiger partial charge in [-0.25, -0.2) is 0 Å². The van der Waals surface area contributed by atoms with Crippen LogP contribution in [0, 0.1) is 24.8 Å². The maximum atomic E-state index is 11.7. The van der Waals surface area contributed by atoms with Crippen molar-refractivity contribution in [3.05, 3.63) is 89.3 Å². The number of carbonyl (C=O) groups is 1. The Morgan fingerprint density at radius 3 is 2.23 bits per heavy atom. The predicted molar refractivity (Wildman–Crippen MR) is 203 cm³/mol. The summed E-state index contributed by atoms with van der Waals surface area (Å²) in [7, 11) is 0. The van der Waals surface area contributed by atoms with Crippen LogP contribution in [0.4, 0.5) is 0 Å². The molecule has 0 bridgehead atoms. The molecule has 0 amide bonds. The number of aliphatic hydroxyl groups is 1. The number of hydrogen-bond acceptors (Lipinski definition) is 4. The van der Waals surface area contributed by atoms with Crippen LogP contribution in [0.2, 0.25) is 0 Å². The molecule has 0 saturated carbocycles. The van der Waals surface area contributed by atoms with E-state index in [1.165, 1.54) is 61.0 Å². The van der Waals surface area contributed by atoms with Gasteiger partial charge in [0.2, 0.25) is 0 Å². The molecule has 1 radical (unpaired) electrons. The van der Waals surface area contributed by atoms with Gasteiger partial charge in [-0.3, -0.25) is 4.79 Å². The zero-order valence-electron chi connectivity index (χ0n) is 30.2. The van der Waals surface area contributed by atoms with Crippen LogP contribution in [-0.4, -0.2) is 15.9 Å². The summed E-state index contributed by atoms with van der Waals surface area (Å²) in [6.45, 7) is 20.0. The molecule has 257 valence electrons. The summed E-state index contributed by atoms with van der Waals surface area (Å²) in [4.78, 5) is 16.6. The second-order valence-corrected chi connectivity index (χ2v) is 15.7. The van der Waals surface area contributed by atoms with Gasteiger partial charge in [-0.05, 0) is 84.4 Å². The average Bonchev–Trinajstić information content (AvgIpc) is 3.45. The molecule has 5 aromatic rings. The molecular formula is C43H52IrNO2S-. The summed E-state index contributed by atoms with van der Waals surface area (Å²) in [6, 6.07) is 20.9. The van der Waals surface area contributed by atoms with Crippen molar-refractivity contribution in [3.63, 3.8) is 0 Å². The summed E-state index contributed by atoms with van der Waals surface area (Å²) < 4.78 is 2.74. The fraction of sp³-hybridized carbons (Fsp3) is 0.442. The largest absolute Gasteiger partial charge is 0.512 e. The van der Waals surface area contributed by atoms with Crippen molar-refractivity contribution in [1.82, 2.24) is 4.98 Å². The molecule has 3 nitrogen and oxygen atoms in total. The van der Waals surface area contributed by atoms with Crippen molar-refractivity contribution in [2.45, 2.75) is 112 Å². The maximum Gasteiger partial charge on any atom is 0.162 e. The molecule has 1 aliphatic carbocycles. The molecule has 2 aromatic heterocycles. The van der Waals surface area contributed by atoms with Gasteiger partial charge in [0, 0.05) is 64.7 Å². The number of benzene rings is 3. The Hall–Kier alpha value is -2.85. The molecule has 0 unspecified atom stereocenters. The van der Waals surface area contributed by atoms with E-state index in [0.29, 0.717) is 0 Å². The Balaban J connectivity index is 0.000000279. The molecule has 48 heavy (non-hydrogen) atoms. The minimum atomic E-state index is 0. The summed E-state index contributed by atoms with van der Waals surface area (Å²) in [5.74, 6) is 0.547. The molecule has 0 atom stereocenters.